The molecule has 1 rings (SSSR count). The molecule has 1 aliphatic rings. The Morgan fingerprint density at radius 2 is 2.50 bits per heavy atom. The van der Waals surface area contributed by atoms with Gasteiger partial charge in [-0.05, 0) is 6.92 Å². The first kappa shape index (κ1) is 7.97. The van der Waals surface area contributed by atoms with Crippen LogP contribution in [-0.2, 0) is 4.79 Å². The molecule has 1 N–H and O–H groups in total. The Balaban J connectivity index is 2.72. The van der Waals surface area contributed by atoms with Gasteiger partial charge in [-0.3, -0.25) is 9.69 Å². The van der Waals surface area contributed by atoms with Crippen LogP contribution in [0.2, 0.25) is 0 Å². The van der Waals surface area contributed by atoms with Crippen molar-refractivity contribution in [2.75, 3.05) is 5.75 Å². The third-order valence-corrected chi connectivity index (χ3v) is 2.54. The molecule has 5 heteroatoms. The lowest BCUT2D eigenvalue weighted by Crippen LogP contribution is -2.36. The molecule has 3 nitrogen and oxygen atoms in total. The first-order valence-corrected chi connectivity index (χ1v) is 4.19. The molecule has 0 aromatic heterocycles. The summed E-state index contributed by atoms with van der Waals surface area (Å²) in [5.74, 6) is 0.258. The van der Waals surface area contributed by atoms with Gasteiger partial charge in [-0.15, -0.1) is 0 Å². The largest absolute Gasteiger partial charge is 0.373 e. The molecular formula is C5H7NO2S2. The van der Waals surface area contributed by atoms with Crippen molar-refractivity contribution in [1.82, 2.24) is 4.90 Å². The molecule has 0 spiro atoms. The van der Waals surface area contributed by atoms with E-state index < -0.39 is 6.23 Å². The van der Waals surface area contributed by atoms with Gasteiger partial charge in [-0.2, -0.15) is 0 Å². The maximum atomic E-state index is 10.9. The van der Waals surface area contributed by atoms with Gasteiger partial charge in [-0.25, -0.2) is 0 Å². The van der Waals surface area contributed by atoms with E-state index in [1.807, 2.05) is 0 Å². The van der Waals surface area contributed by atoms with Crippen LogP contribution >= 0.6 is 24.0 Å². The number of carbonyl (C=O) groups excluding carboxylic acids is 1. The van der Waals surface area contributed by atoms with Gasteiger partial charge in [0, 0.05) is 0 Å². The molecule has 0 aromatic rings. The molecule has 0 aliphatic carbocycles. The average molecular weight is 177 g/mol. The van der Waals surface area contributed by atoms with Gasteiger partial charge < -0.3 is 5.11 Å². The highest BCUT2D eigenvalue weighted by atomic mass is 32.2. The Labute approximate surface area is 68.4 Å². The number of aliphatic hydroxyl groups is 1. The SMILES string of the molecule is CC(O)N1C(=O)CSC1=S. The maximum absolute atomic E-state index is 10.9. The number of carbonyl (C=O) groups is 1. The Morgan fingerprint density at radius 1 is 1.90 bits per heavy atom. The maximum Gasteiger partial charge on any atom is 0.240 e. The predicted molar refractivity (Wildman–Crippen MR) is 43.6 cm³/mol. The van der Waals surface area contributed by atoms with Gasteiger partial charge in [0.25, 0.3) is 0 Å². The second-order valence-corrected chi connectivity index (χ2v) is 3.56. The van der Waals surface area contributed by atoms with E-state index in [9.17, 15) is 4.79 Å². The highest BCUT2D eigenvalue weighted by Gasteiger charge is 2.29. The van der Waals surface area contributed by atoms with E-state index in [1.165, 1.54) is 23.6 Å². The number of rotatable bonds is 1. The zero-order chi connectivity index (χ0) is 7.72. The molecule has 1 heterocycles. The van der Waals surface area contributed by atoms with Crippen molar-refractivity contribution in [3.05, 3.63) is 0 Å². The summed E-state index contributed by atoms with van der Waals surface area (Å²) in [6.07, 6.45) is -0.782. The van der Waals surface area contributed by atoms with E-state index in [1.54, 1.807) is 0 Å². The molecule has 56 valence electrons. The van der Waals surface area contributed by atoms with Crippen LogP contribution in [0.5, 0.6) is 0 Å². The van der Waals surface area contributed by atoms with Crippen molar-refractivity contribution in [3.63, 3.8) is 0 Å². The van der Waals surface area contributed by atoms with Crippen molar-refractivity contribution in [1.29, 1.82) is 0 Å². The van der Waals surface area contributed by atoms with E-state index in [-0.39, 0.29) is 5.91 Å². The minimum absolute atomic E-state index is 0.106. The monoisotopic (exact) mass is 177 g/mol. The van der Waals surface area contributed by atoms with Crippen LogP contribution in [0.25, 0.3) is 0 Å². The van der Waals surface area contributed by atoms with Crippen LogP contribution in [0, 0.1) is 0 Å². The summed E-state index contributed by atoms with van der Waals surface area (Å²) in [5, 5.41) is 9.00. The molecular weight excluding hydrogens is 170 g/mol. The number of nitrogens with zero attached hydrogens (tertiary/aromatic N) is 1. The van der Waals surface area contributed by atoms with Gasteiger partial charge in [0.1, 0.15) is 10.5 Å². The Morgan fingerprint density at radius 3 is 2.70 bits per heavy atom. The van der Waals surface area contributed by atoms with Crippen LogP contribution in [-0.4, -0.2) is 32.2 Å². The Hall–Kier alpha value is -0.130. The molecule has 0 bridgehead atoms. The van der Waals surface area contributed by atoms with Crippen LogP contribution < -0.4 is 0 Å². The van der Waals surface area contributed by atoms with E-state index in [0.717, 1.165) is 0 Å². The third kappa shape index (κ3) is 1.31. The predicted octanol–water partition coefficient (Wildman–Crippen LogP) is 0.185. The molecule has 1 aliphatic heterocycles. The van der Waals surface area contributed by atoms with Gasteiger partial charge >= 0.3 is 0 Å². The van der Waals surface area contributed by atoms with Crippen LogP contribution in [0.3, 0.4) is 0 Å². The fraction of sp³-hybridized carbons (Fsp3) is 0.600. The average Bonchev–Trinajstić information content (AvgIpc) is 2.11. The lowest BCUT2D eigenvalue weighted by atomic mass is 10.5. The summed E-state index contributed by atoms with van der Waals surface area (Å²) in [7, 11) is 0. The second-order valence-electron chi connectivity index (χ2n) is 1.95. The fourth-order valence-electron chi connectivity index (χ4n) is 0.725. The minimum atomic E-state index is -0.782. The van der Waals surface area contributed by atoms with Crippen molar-refractivity contribution >= 4 is 34.2 Å². The number of thioether (sulfide) groups is 1. The van der Waals surface area contributed by atoms with Gasteiger partial charge in [0.15, 0.2) is 0 Å². The normalized spacial score (nSPS) is 22.0. The zero-order valence-electron chi connectivity index (χ0n) is 5.40. The summed E-state index contributed by atoms with van der Waals surface area (Å²) in [5.41, 5.74) is 0. The molecule has 1 amide bonds. The first-order valence-electron chi connectivity index (χ1n) is 2.80. The van der Waals surface area contributed by atoms with E-state index in [0.29, 0.717) is 10.1 Å². The van der Waals surface area contributed by atoms with Crippen LogP contribution in [0.1, 0.15) is 6.92 Å². The lowest BCUT2D eigenvalue weighted by molar-refractivity contribution is -0.129. The third-order valence-electron chi connectivity index (χ3n) is 1.16. The number of hydrogen-bond donors (Lipinski definition) is 1. The molecule has 1 saturated heterocycles. The summed E-state index contributed by atoms with van der Waals surface area (Å²) in [4.78, 5) is 12.1. The topological polar surface area (TPSA) is 40.5 Å². The van der Waals surface area contributed by atoms with E-state index >= 15 is 0 Å². The Bertz CT molecular complexity index is 164. The van der Waals surface area contributed by atoms with E-state index in [2.05, 4.69) is 0 Å². The van der Waals surface area contributed by atoms with Crippen LogP contribution in [0.15, 0.2) is 0 Å². The minimum Gasteiger partial charge on any atom is -0.373 e. The summed E-state index contributed by atoms with van der Waals surface area (Å²) < 4.78 is 0.472. The Kier molecular flexibility index (Phi) is 2.28. The molecule has 1 fully saturated rings. The first-order chi connectivity index (χ1) is 4.63. The fourth-order valence-corrected chi connectivity index (χ4v) is 1.94. The molecule has 1 unspecified atom stereocenters. The quantitative estimate of drug-likeness (QED) is 0.580. The van der Waals surface area contributed by atoms with Crippen molar-refractivity contribution in [3.8, 4) is 0 Å². The smallest absolute Gasteiger partial charge is 0.240 e. The molecule has 1 atom stereocenters. The van der Waals surface area contributed by atoms with Gasteiger partial charge in [0.2, 0.25) is 5.91 Å². The highest BCUT2D eigenvalue weighted by molar-refractivity contribution is 8.23. The van der Waals surface area contributed by atoms with Crippen molar-refractivity contribution < 1.29 is 9.90 Å². The standard InChI is InChI=1S/C5H7NO2S2/c1-3(7)6-4(8)2-10-5(6)9/h3,7H,2H2,1H3. The van der Waals surface area contributed by atoms with Crippen LogP contribution in [0.4, 0.5) is 0 Å². The summed E-state index contributed by atoms with van der Waals surface area (Å²) >= 11 is 6.09. The number of amides is 1. The lowest BCUT2D eigenvalue weighted by Gasteiger charge is -2.17. The highest BCUT2D eigenvalue weighted by Crippen LogP contribution is 2.20. The van der Waals surface area contributed by atoms with Gasteiger partial charge in [-0.1, -0.05) is 24.0 Å². The molecule has 0 saturated carbocycles. The summed E-state index contributed by atoms with van der Waals surface area (Å²) in [6.45, 7) is 1.52. The number of hydrogen-bond acceptors (Lipinski definition) is 4. The number of aliphatic hydroxyl groups excluding tert-OH is 1. The van der Waals surface area contributed by atoms with E-state index in [4.69, 9.17) is 17.3 Å². The zero-order valence-corrected chi connectivity index (χ0v) is 7.04. The molecule has 10 heavy (non-hydrogen) atoms. The molecule has 0 radical (unpaired) electrons. The van der Waals surface area contributed by atoms with Crippen molar-refractivity contribution in [2.24, 2.45) is 0 Å². The summed E-state index contributed by atoms with van der Waals surface area (Å²) in [6, 6.07) is 0. The number of thiocarbonyl (C=S) groups is 1. The van der Waals surface area contributed by atoms with Crippen molar-refractivity contribution in [2.45, 2.75) is 13.2 Å². The second kappa shape index (κ2) is 2.86. The molecule has 0 aromatic carbocycles. The van der Waals surface area contributed by atoms with Gasteiger partial charge in [0.05, 0.1) is 5.75 Å².